The zero-order valence-electron chi connectivity index (χ0n) is 20.6. The number of benzene rings is 3. The van der Waals surface area contributed by atoms with Crippen molar-refractivity contribution in [1.29, 1.82) is 0 Å². The van der Waals surface area contributed by atoms with Crippen LogP contribution >= 0.6 is 0 Å². The van der Waals surface area contributed by atoms with Gasteiger partial charge in [-0.15, -0.1) is 13.2 Å². The Bertz CT molecular complexity index is 1310. The van der Waals surface area contributed by atoms with E-state index in [1.165, 1.54) is 33.3 Å². The second-order valence-electron chi connectivity index (χ2n) is 7.79. The summed E-state index contributed by atoms with van der Waals surface area (Å²) in [5.41, 5.74) is 3.25. The number of esters is 1. The predicted molar refractivity (Wildman–Crippen MR) is 132 cm³/mol. The quantitative estimate of drug-likeness (QED) is 0.198. The minimum atomic E-state index is -4.90. The average Bonchev–Trinajstić information content (AvgIpc) is 2.87. The molecule has 0 amide bonds. The normalized spacial score (nSPS) is 12.2. The molecule has 0 atom stereocenters. The van der Waals surface area contributed by atoms with Crippen molar-refractivity contribution in [2.75, 3.05) is 14.2 Å². The minimum absolute atomic E-state index is 0.0645. The second kappa shape index (κ2) is 12.1. The molecule has 0 aliphatic carbocycles. The Morgan fingerprint density at radius 3 is 2.27 bits per heavy atom. The van der Waals surface area contributed by atoms with Gasteiger partial charge in [-0.2, -0.15) is 0 Å². The predicted octanol–water partition coefficient (Wildman–Crippen LogP) is 6.02. The summed E-state index contributed by atoms with van der Waals surface area (Å²) in [6.07, 6.45) is -4.90. The van der Waals surface area contributed by atoms with Crippen LogP contribution in [0.1, 0.15) is 29.2 Å². The number of alkyl halides is 3. The number of hydrogen-bond acceptors (Lipinski definition) is 7. The Balaban J connectivity index is 1.92. The number of ether oxygens (including phenoxy) is 2. The van der Waals surface area contributed by atoms with Gasteiger partial charge in [-0.25, -0.2) is 4.79 Å². The molecule has 3 aromatic rings. The molecule has 194 valence electrons. The van der Waals surface area contributed by atoms with Crippen LogP contribution in [0.2, 0.25) is 0 Å². The molecule has 0 unspecified atom stereocenters. The van der Waals surface area contributed by atoms with Gasteiger partial charge in [0.2, 0.25) is 0 Å². The summed E-state index contributed by atoms with van der Waals surface area (Å²) in [6, 6.07) is 18.6. The van der Waals surface area contributed by atoms with E-state index in [-0.39, 0.29) is 23.6 Å². The van der Waals surface area contributed by atoms with E-state index < -0.39 is 18.1 Å². The summed E-state index contributed by atoms with van der Waals surface area (Å²) >= 11 is 0. The molecule has 3 aromatic carbocycles. The lowest BCUT2D eigenvalue weighted by molar-refractivity contribution is -0.274. The molecular weight excluding hydrogens is 489 g/mol. The van der Waals surface area contributed by atoms with Crippen LogP contribution in [-0.4, -0.2) is 38.0 Å². The Morgan fingerprint density at radius 2 is 1.62 bits per heavy atom. The monoisotopic (exact) mass is 514 g/mol. The van der Waals surface area contributed by atoms with Gasteiger partial charge in [0.15, 0.2) is 5.71 Å². The summed E-state index contributed by atoms with van der Waals surface area (Å²) in [5, 5.41) is 7.78. The lowest BCUT2D eigenvalue weighted by Crippen LogP contribution is -2.20. The SMILES string of the molecule is CO/N=C(/C(=O)OC)c1cccc(C)c1CO/N=C(\C)c1ccc(-c2ccccc2)cc1OC(F)(F)F. The molecule has 0 fully saturated rings. The molecular formula is C27H25F3N2O5. The van der Waals surface area contributed by atoms with Crippen LogP contribution in [0, 0.1) is 6.92 Å². The van der Waals surface area contributed by atoms with Gasteiger partial charge < -0.3 is 19.1 Å². The van der Waals surface area contributed by atoms with Crippen molar-refractivity contribution in [1.82, 2.24) is 0 Å². The lowest BCUT2D eigenvalue weighted by Gasteiger charge is -2.15. The number of hydrogen-bond donors (Lipinski definition) is 0. The van der Waals surface area contributed by atoms with Crippen LogP contribution in [-0.2, 0) is 25.8 Å². The highest BCUT2D eigenvalue weighted by atomic mass is 19.4. The first-order valence-electron chi connectivity index (χ1n) is 11.0. The van der Waals surface area contributed by atoms with Gasteiger partial charge in [0, 0.05) is 16.7 Å². The second-order valence-corrected chi connectivity index (χ2v) is 7.79. The fourth-order valence-corrected chi connectivity index (χ4v) is 3.58. The molecule has 0 radical (unpaired) electrons. The molecule has 0 heterocycles. The molecule has 0 saturated carbocycles. The van der Waals surface area contributed by atoms with Crippen LogP contribution in [0.4, 0.5) is 13.2 Å². The molecule has 0 aliphatic rings. The van der Waals surface area contributed by atoms with Gasteiger partial charge in [-0.1, -0.05) is 64.9 Å². The van der Waals surface area contributed by atoms with Crippen molar-refractivity contribution < 1.29 is 37.1 Å². The fraction of sp³-hybridized carbons (Fsp3) is 0.222. The molecule has 0 aromatic heterocycles. The number of oxime groups is 2. The third kappa shape index (κ3) is 7.09. The number of rotatable bonds is 9. The summed E-state index contributed by atoms with van der Waals surface area (Å²) in [6.45, 7) is 3.21. The first kappa shape index (κ1) is 27.3. The van der Waals surface area contributed by atoms with E-state index in [9.17, 15) is 18.0 Å². The topological polar surface area (TPSA) is 78.7 Å². The molecule has 3 rings (SSSR count). The van der Waals surface area contributed by atoms with Crippen molar-refractivity contribution in [3.63, 3.8) is 0 Å². The van der Waals surface area contributed by atoms with E-state index in [0.29, 0.717) is 16.7 Å². The smallest absolute Gasteiger partial charge is 0.464 e. The van der Waals surface area contributed by atoms with Crippen LogP contribution in [0.3, 0.4) is 0 Å². The third-order valence-electron chi connectivity index (χ3n) is 5.34. The Hall–Kier alpha value is -4.34. The van der Waals surface area contributed by atoms with Gasteiger partial charge in [0.1, 0.15) is 19.5 Å². The van der Waals surface area contributed by atoms with Gasteiger partial charge in [0.05, 0.1) is 12.8 Å². The summed E-state index contributed by atoms with van der Waals surface area (Å²) in [5.74, 6) is -1.11. The molecule has 7 nitrogen and oxygen atoms in total. The number of aryl methyl sites for hydroxylation is 1. The number of carbonyl (C=O) groups is 1. The fourth-order valence-electron chi connectivity index (χ4n) is 3.58. The number of carbonyl (C=O) groups excluding carboxylic acids is 1. The van der Waals surface area contributed by atoms with Crippen molar-refractivity contribution in [3.8, 4) is 16.9 Å². The van der Waals surface area contributed by atoms with E-state index in [1.807, 2.05) is 6.07 Å². The van der Waals surface area contributed by atoms with Crippen LogP contribution in [0.25, 0.3) is 11.1 Å². The van der Waals surface area contributed by atoms with E-state index in [2.05, 4.69) is 15.0 Å². The molecule has 0 bridgehead atoms. The lowest BCUT2D eigenvalue weighted by atomic mass is 9.99. The molecule has 0 N–H and O–H groups in total. The van der Waals surface area contributed by atoms with E-state index in [0.717, 1.165) is 11.1 Å². The van der Waals surface area contributed by atoms with Gasteiger partial charge in [-0.05, 0) is 42.7 Å². The average molecular weight is 515 g/mol. The highest BCUT2D eigenvalue weighted by Crippen LogP contribution is 2.32. The van der Waals surface area contributed by atoms with Gasteiger partial charge in [0.25, 0.3) is 0 Å². The maximum Gasteiger partial charge on any atom is 0.573 e. The molecule has 10 heteroatoms. The molecule has 0 saturated heterocycles. The van der Waals surface area contributed by atoms with E-state index in [4.69, 9.17) is 14.4 Å². The minimum Gasteiger partial charge on any atom is -0.464 e. The summed E-state index contributed by atoms with van der Waals surface area (Å²) in [7, 11) is 2.52. The van der Waals surface area contributed by atoms with Crippen molar-refractivity contribution in [3.05, 3.63) is 89.0 Å². The largest absolute Gasteiger partial charge is 0.573 e. The zero-order valence-corrected chi connectivity index (χ0v) is 20.6. The maximum absolute atomic E-state index is 13.2. The van der Waals surface area contributed by atoms with Gasteiger partial charge >= 0.3 is 12.3 Å². The van der Waals surface area contributed by atoms with Crippen LogP contribution in [0.5, 0.6) is 5.75 Å². The Labute approximate surface area is 212 Å². The maximum atomic E-state index is 13.2. The Morgan fingerprint density at radius 1 is 0.892 bits per heavy atom. The van der Waals surface area contributed by atoms with Crippen LogP contribution < -0.4 is 4.74 Å². The molecule has 0 spiro atoms. The first-order chi connectivity index (χ1) is 17.6. The van der Waals surface area contributed by atoms with Crippen molar-refractivity contribution >= 4 is 17.4 Å². The zero-order chi connectivity index (χ0) is 27.0. The van der Waals surface area contributed by atoms with Gasteiger partial charge in [-0.3, -0.25) is 0 Å². The first-order valence-corrected chi connectivity index (χ1v) is 11.0. The molecule has 37 heavy (non-hydrogen) atoms. The highest BCUT2D eigenvalue weighted by Gasteiger charge is 2.32. The number of methoxy groups -OCH3 is 1. The number of halogens is 3. The van der Waals surface area contributed by atoms with E-state index in [1.54, 1.807) is 55.5 Å². The summed E-state index contributed by atoms with van der Waals surface area (Å²) < 4.78 is 48.6. The Kier molecular flexibility index (Phi) is 8.89. The van der Waals surface area contributed by atoms with Crippen LogP contribution in [0.15, 0.2) is 77.0 Å². The highest BCUT2D eigenvalue weighted by molar-refractivity contribution is 6.43. The van der Waals surface area contributed by atoms with E-state index >= 15 is 0 Å². The standard InChI is InChI=1S/C27H25F3N2O5/c1-17-9-8-12-22(25(32-35-4)26(33)34-3)23(17)16-36-31-18(2)21-14-13-20(19-10-6-5-7-11-19)15-24(21)37-27(28,29)30/h5-15H,16H2,1-4H3/b31-18+,32-25+. The third-order valence-corrected chi connectivity index (χ3v) is 5.34. The molecule has 0 aliphatic heterocycles. The summed E-state index contributed by atoms with van der Waals surface area (Å²) in [4.78, 5) is 22.5. The van der Waals surface area contributed by atoms with Crippen molar-refractivity contribution in [2.24, 2.45) is 10.3 Å². The van der Waals surface area contributed by atoms with Crippen molar-refractivity contribution in [2.45, 2.75) is 26.8 Å². The number of nitrogens with zero attached hydrogens (tertiary/aromatic N) is 2.